The first-order chi connectivity index (χ1) is 11.3. The summed E-state index contributed by atoms with van der Waals surface area (Å²) in [4.78, 5) is 9.29. The predicted octanol–water partition coefficient (Wildman–Crippen LogP) is 5.61. The largest absolute Gasteiger partial charge is 0.337 e. The maximum atomic E-state index is 13.1. The third-order valence-electron chi connectivity index (χ3n) is 3.64. The number of hydrogen-bond acceptors (Lipinski definition) is 2. The highest BCUT2D eigenvalue weighted by Crippen LogP contribution is 2.35. The second-order valence-corrected chi connectivity index (χ2v) is 6.11. The molecule has 23 heavy (non-hydrogen) atoms. The van der Waals surface area contributed by atoms with Crippen molar-refractivity contribution in [3.8, 4) is 33.2 Å². The van der Waals surface area contributed by atoms with Crippen molar-refractivity contribution in [2.75, 3.05) is 0 Å². The molecule has 0 bridgehead atoms. The van der Waals surface area contributed by atoms with E-state index in [0.29, 0.717) is 0 Å². The van der Waals surface area contributed by atoms with E-state index in [1.54, 1.807) is 23.5 Å². The lowest BCUT2D eigenvalue weighted by molar-refractivity contribution is 0.628. The van der Waals surface area contributed by atoms with Crippen LogP contribution in [0.1, 0.15) is 0 Å². The third-order valence-corrected chi connectivity index (χ3v) is 4.52. The van der Waals surface area contributed by atoms with Gasteiger partial charge in [0.1, 0.15) is 11.6 Å². The van der Waals surface area contributed by atoms with E-state index in [9.17, 15) is 4.39 Å². The van der Waals surface area contributed by atoms with Gasteiger partial charge < -0.3 is 4.98 Å². The molecule has 2 aromatic carbocycles. The summed E-state index contributed by atoms with van der Waals surface area (Å²) in [6.45, 7) is 0. The number of aromatic amines is 1. The zero-order chi connectivity index (χ0) is 15.6. The number of aromatic nitrogens is 2. The number of nitrogens with one attached hydrogen (secondary N) is 1. The molecular weight excluding hydrogens is 307 g/mol. The van der Waals surface area contributed by atoms with Gasteiger partial charge in [0.25, 0.3) is 0 Å². The van der Waals surface area contributed by atoms with Crippen LogP contribution in [0.5, 0.6) is 0 Å². The van der Waals surface area contributed by atoms with Crippen LogP contribution in [0.25, 0.3) is 33.2 Å². The summed E-state index contributed by atoms with van der Waals surface area (Å²) in [6.07, 6.45) is 0. The highest BCUT2D eigenvalue weighted by atomic mass is 32.1. The minimum atomic E-state index is -0.248. The van der Waals surface area contributed by atoms with Crippen LogP contribution < -0.4 is 0 Å². The lowest BCUT2D eigenvalue weighted by atomic mass is 10.1. The number of rotatable bonds is 3. The highest BCUT2D eigenvalue weighted by Gasteiger charge is 2.15. The molecular formula is C19H13FN2S. The van der Waals surface area contributed by atoms with Crippen LogP contribution in [0.15, 0.2) is 72.1 Å². The van der Waals surface area contributed by atoms with E-state index in [0.717, 1.165) is 33.2 Å². The van der Waals surface area contributed by atoms with Gasteiger partial charge in [0, 0.05) is 11.1 Å². The third kappa shape index (κ3) is 2.69. The van der Waals surface area contributed by atoms with E-state index in [-0.39, 0.29) is 5.82 Å². The maximum Gasteiger partial charge on any atom is 0.138 e. The molecule has 0 unspecified atom stereocenters. The lowest BCUT2D eigenvalue weighted by Crippen LogP contribution is -1.81. The molecule has 0 aliphatic rings. The Morgan fingerprint density at radius 2 is 1.61 bits per heavy atom. The smallest absolute Gasteiger partial charge is 0.138 e. The Morgan fingerprint density at radius 1 is 0.826 bits per heavy atom. The zero-order valence-electron chi connectivity index (χ0n) is 12.2. The number of imidazole rings is 1. The van der Waals surface area contributed by atoms with Crippen molar-refractivity contribution in [3.63, 3.8) is 0 Å². The van der Waals surface area contributed by atoms with Gasteiger partial charge in [0.15, 0.2) is 0 Å². The van der Waals surface area contributed by atoms with Crippen molar-refractivity contribution >= 4 is 11.3 Å². The van der Waals surface area contributed by atoms with Crippen LogP contribution in [0.3, 0.4) is 0 Å². The van der Waals surface area contributed by atoms with Gasteiger partial charge in [-0.3, -0.25) is 0 Å². The number of nitrogens with zero attached hydrogens (tertiary/aromatic N) is 1. The number of benzene rings is 2. The van der Waals surface area contributed by atoms with E-state index in [1.807, 2.05) is 41.8 Å². The molecule has 0 saturated heterocycles. The molecule has 0 aliphatic carbocycles. The van der Waals surface area contributed by atoms with Gasteiger partial charge in [0.05, 0.1) is 16.3 Å². The first-order valence-corrected chi connectivity index (χ1v) is 8.14. The van der Waals surface area contributed by atoms with E-state index < -0.39 is 0 Å². The molecule has 0 radical (unpaired) electrons. The number of H-pyrrole nitrogens is 1. The second-order valence-electron chi connectivity index (χ2n) is 5.16. The average molecular weight is 320 g/mol. The Kier molecular flexibility index (Phi) is 3.52. The van der Waals surface area contributed by atoms with Gasteiger partial charge >= 0.3 is 0 Å². The zero-order valence-corrected chi connectivity index (χ0v) is 13.0. The van der Waals surface area contributed by atoms with Crippen molar-refractivity contribution < 1.29 is 4.39 Å². The van der Waals surface area contributed by atoms with Gasteiger partial charge in [-0.15, -0.1) is 11.3 Å². The van der Waals surface area contributed by atoms with Crippen LogP contribution in [-0.2, 0) is 0 Å². The van der Waals surface area contributed by atoms with Gasteiger partial charge in [0.2, 0.25) is 0 Å². The van der Waals surface area contributed by atoms with Gasteiger partial charge in [-0.1, -0.05) is 36.4 Å². The molecule has 1 N–H and O–H groups in total. The van der Waals surface area contributed by atoms with E-state index in [1.165, 1.54) is 12.1 Å². The molecule has 0 aliphatic heterocycles. The quantitative estimate of drug-likeness (QED) is 0.522. The van der Waals surface area contributed by atoms with E-state index >= 15 is 0 Å². The second kappa shape index (κ2) is 5.82. The van der Waals surface area contributed by atoms with Crippen molar-refractivity contribution in [1.82, 2.24) is 9.97 Å². The summed E-state index contributed by atoms with van der Waals surface area (Å²) in [5.41, 5.74) is 3.82. The molecule has 4 heteroatoms. The predicted molar refractivity (Wildman–Crippen MR) is 92.7 cm³/mol. The summed E-state index contributed by atoms with van der Waals surface area (Å²) in [5.74, 6) is 0.495. The number of thiophene rings is 1. The molecule has 0 atom stereocenters. The van der Waals surface area contributed by atoms with E-state index in [4.69, 9.17) is 4.98 Å². The topological polar surface area (TPSA) is 28.7 Å². The standard InChI is InChI=1S/C19H13FN2S/c20-15-10-8-14(9-11-15)19-21-17(13-5-2-1-3-6-13)18(22-19)16-7-4-12-23-16/h1-12H,(H,21,22). The molecule has 2 nitrogen and oxygen atoms in total. The minimum Gasteiger partial charge on any atom is -0.337 e. The molecule has 4 aromatic rings. The van der Waals surface area contributed by atoms with Gasteiger partial charge in [-0.05, 0) is 35.7 Å². The van der Waals surface area contributed by atoms with Crippen molar-refractivity contribution in [3.05, 3.63) is 77.9 Å². The average Bonchev–Trinajstić information content (AvgIpc) is 3.26. The van der Waals surface area contributed by atoms with Crippen molar-refractivity contribution in [1.29, 1.82) is 0 Å². The first kappa shape index (κ1) is 13.9. The van der Waals surface area contributed by atoms with Crippen LogP contribution in [0.2, 0.25) is 0 Å². The van der Waals surface area contributed by atoms with E-state index in [2.05, 4.69) is 11.1 Å². The molecule has 0 saturated carbocycles. The number of halogens is 1. The Labute approximate surface area is 137 Å². The summed E-state index contributed by atoms with van der Waals surface area (Å²) >= 11 is 1.66. The molecule has 2 heterocycles. The van der Waals surface area contributed by atoms with Crippen molar-refractivity contribution in [2.45, 2.75) is 0 Å². The van der Waals surface area contributed by atoms with Crippen molar-refractivity contribution in [2.24, 2.45) is 0 Å². The summed E-state index contributed by atoms with van der Waals surface area (Å²) in [6, 6.07) is 20.5. The fraction of sp³-hybridized carbons (Fsp3) is 0. The molecule has 4 rings (SSSR count). The Morgan fingerprint density at radius 3 is 2.30 bits per heavy atom. The summed E-state index contributed by atoms with van der Waals surface area (Å²) in [7, 11) is 0. The fourth-order valence-electron chi connectivity index (χ4n) is 2.52. The molecule has 0 fully saturated rings. The lowest BCUT2D eigenvalue weighted by Gasteiger charge is -1.99. The molecule has 2 aromatic heterocycles. The number of hydrogen-bond donors (Lipinski definition) is 1. The van der Waals surface area contributed by atoms with Crippen LogP contribution >= 0.6 is 11.3 Å². The highest BCUT2D eigenvalue weighted by molar-refractivity contribution is 7.13. The molecule has 0 amide bonds. The van der Waals surface area contributed by atoms with Gasteiger partial charge in [-0.25, -0.2) is 9.37 Å². The fourth-order valence-corrected chi connectivity index (χ4v) is 3.25. The first-order valence-electron chi connectivity index (χ1n) is 7.26. The molecule has 0 spiro atoms. The Balaban J connectivity index is 1.89. The summed E-state index contributed by atoms with van der Waals surface area (Å²) < 4.78 is 13.1. The Hall–Kier alpha value is -2.72. The summed E-state index contributed by atoms with van der Waals surface area (Å²) in [5, 5.41) is 2.04. The SMILES string of the molecule is Fc1ccc(-c2nc(-c3ccccc3)c(-c3cccs3)[nH]2)cc1. The van der Waals surface area contributed by atoms with Crippen LogP contribution in [0, 0.1) is 5.82 Å². The molecule has 112 valence electrons. The normalized spacial score (nSPS) is 10.8. The van der Waals surface area contributed by atoms with Crippen LogP contribution in [-0.4, -0.2) is 9.97 Å². The Bertz CT molecular complexity index is 910. The maximum absolute atomic E-state index is 13.1. The van der Waals surface area contributed by atoms with Crippen LogP contribution in [0.4, 0.5) is 4.39 Å². The minimum absolute atomic E-state index is 0.248. The van der Waals surface area contributed by atoms with Gasteiger partial charge in [-0.2, -0.15) is 0 Å². The monoisotopic (exact) mass is 320 g/mol.